The molecule has 2 aromatic rings. The van der Waals surface area contributed by atoms with E-state index in [9.17, 15) is 9.59 Å². The maximum atomic E-state index is 12.3. The zero-order valence-corrected chi connectivity index (χ0v) is 15.1. The molecule has 0 radical (unpaired) electrons. The van der Waals surface area contributed by atoms with Gasteiger partial charge in [0.15, 0.2) is 0 Å². The summed E-state index contributed by atoms with van der Waals surface area (Å²) in [6, 6.07) is 20.0. The molecule has 0 bridgehead atoms. The molecule has 0 unspecified atom stereocenters. The number of carbonyl (C=O) groups is 2. The van der Waals surface area contributed by atoms with Crippen LogP contribution in [0.4, 0.5) is 0 Å². The molecule has 0 aliphatic carbocycles. The van der Waals surface area contributed by atoms with Crippen molar-refractivity contribution in [3.05, 3.63) is 77.9 Å². The average Bonchev–Trinajstić information content (AvgIpc) is 2.65. The lowest BCUT2D eigenvalue weighted by Crippen LogP contribution is -2.33. The summed E-state index contributed by atoms with van der Waals surface area (Å²) in [5.74, 6) is -1.44. The summed E-state index contributed by atoms with van der Waals surface area (Å²) in [7, 11) is 0. The molecule has 0 aromatic heterocycles. The first-order valence-corrected chi connectivity index (χ1v) is 8.92. The number of rotatable bonds is 9. The van der Waals surface area contributed by atoms with Crippen molar-refractivity contribution in [2.24, 2.45) is 0 Å². The van der Waals surface area contributed by atoms with Crippen molar-refractivity contribution in [3.63, 3.8) is 0 Å². The summed E-state index contributed by atoms with van der Waals surface area (Å²) in [6.45, 7) is 3.01. The topological polar surface area (TPSA) is 57.6 Å². The number of nitrogens with zero attached hydrogens (tertiary/aromatic N) is 1. The van der Waals surface area contributed by atoms with Crippen LogP contribution < -0.4 is 0 Å². The molecule has 0 atom stereocenters. The number of unbranched alkanes of at least 4 members (excludes halogenated alkanes) is 1. The summed E-state index contributed by atoms with van der Waals surface area (Å²) in [4.78, 5) is 24.8. The van der Waals surface area contributed by atoms with Gasteiger partial charge in [-0.3, -0.25) is 9.59 Å². The van der Waals surface area contributed by atoms with Gasteiger partial charge in [0, 0.05) is 13.1 Å². The minimum Gasteiger partial charge on any atom is -0.481 e. The highest BCUT2D eigenvalue weighted by Crippen LogP contribution is 2.23. The number of benzene rings is 2. The van der Waals surface area contributed by atoms with Crippen LogP contribution in [0, 0.1) is 0 Å². The molecule has 0 heterocycles. The van der Waals surface area contributed by atoms with Gasteiger partial charge in [0.25, 0.3) is 0 Å². The summed E-state index contributed by atoms with van der Waals surface area (Å²) in [5, 5.41) is 8.93. The summed E-state index contributed by atoms with van der Waals surface area (Å²) >= 11 is 0. The van der Waals surface area contributed by atoms with Crippen molar-refractivity contribution in [2.45, 2.75) is 26.2 Å². The highest BCUT2D eigenvalue weighted by Gasteiger charge is 2.16. The van der Waals surface area contributed by atoms with Crippen LogP contribution in [0.2, 0.25) is 0 Å². The first kappa shape index (κ1) is 19.4. The lowest BCUT2D eigenvalue weighted by Gasteiger charge is -2.21. The van der Waals surface area contributed by atoms with Crippen LogP contribution in [-0.2, 0) is 9.59 Å². The van der Waals surface area contributed by atoms with Crippen LogP contribution in [0.5, 0.6) is 0 Å². The van der Waals surface area contributed by atoms with E-state index in [0.29, 0.717) is 13.1 Å². The zero-order valence-electron chi connectivity index (χ0n) is 15.1. The van der Waals surface area contributed by atoms with Crippen LogP contribution >= 0.6 is 0 Å². The second kappa shape index (κ2) is 10.2. The fourth-order valence-electron chi connectivity index (χ4n) is 2.75. The molecular formula is C22H25NO3. The Labute approximate surface area is 154 Å². The smallest absolute Gasteiger partial charge is 0.312 e. The van der Waals surface area contributed by atoms with E-state index >= 15 is 0 Å². The van der Waals surface area contributed by atoms with Gasteiger partial charge in [0.05, 0.1) is 0 Å². The molecule has 2 aromatic carbocycles. The average molecular weight is 351 g/mol. The van der Waals surface area contributed by atoms with E-state index in [1.165, 1.54) is 0 Å². The molecule has 26 heavy (non-hydrogen) atoms. The maximum Gasteiger partial charge on any atom is 0.312 e. The van der Waals surface area contributed by atoms with Crippen LogP contribution in [0.15, 0.2) is 66.7 Å². The Hall–Kier alpha value is -2.88. The molecule has 0 fully saturated rings. The van der Waals surface area contributed by atoms with Crippen LogP contribution in [-0.4, -0.2) is 35.0 Å². The monoisotopic (exact) mass is 351 g/mol. The first-order valence-electron chi connectivity index (χ1n) is 8.92. The number of amides is 1. The SMILES string of the molecule is CCCCN(CC=C(c1ccccc1)c1ccccc1)C(=O)CC(=O)O. The van der Waals surface area contributed by atoms with Gasteiger partial charge in [0.1, 0.15) is 6.42 Å². The molecule has 4 heteroatoms. The predicted octanol–water partition coefficient (Wildman–Crippen LogP) is 4.22. The Bertz CT molecular complexity index is 697. The maximum absolute atomic E-state index is 12.3. The highest BCUT2D eigenvalue weighted by molar-refractivity contribution is 5.93. The Morgan fingerprint density at radius 2 is 1.50 bits per heavy atom. The van der Waals surface area contributed by atoms with Crippen molar-refractivity contribution >= 4 is 17.4 Å². The van der Waals surface area contributed by atoms with Gasteiger partial charge in [-0.25, -0.2) is 0 Å². The van der Waals surface area contributed by atoms with E-state index in [2.05, 4.69) is 6.92 Å². The van der Waals surface area contributed by atoms with Crippen molar-refractivity contribution < 1.29 is 14.7 Å². The van der Waals surface area contributed by atoms with Gasteiger partial charge in [-0.1, -0.05) is 80.1 Å². The molecule has 1 amide bonds. The number of hydrogen-bond acceptors (Lipinski definition) is 2. The number of carboxylic acids is 1. The number of carbonyl (C=O) groups excluding carboxylic acids is 1. The summed E-state index contributed by atoms with van der Waals surface area (Å²) < 4.78 is 0. The standard InChI is InChI=1S/C22H25NO3/c1-2-3-15-23(21(24)17-22(25)26)16-14-20(18-10-6-4-7-11-18)19-12-8-5-9-13-19/h4-14H,2-3,15-17H2,1H3,(H,25,26). The third-order valence-corrected chi connectivity index (χ3v) is 4.12. The van der Waals surface area contributed by atoms with Crippen molar-refractivity contribution in [1.29, 1.82) is 0 Å². The minimum absolute atomic E-state index is 0.345. The van der Waals surface area contributed by atoms with Crippen LogP contribution in [0.3, 0.4) is 0 Å². The third kappa shape index (κ3) is 5.88. The van der Waals surface area contributed by atoms with E-state index in [1.54, 1.807) is 4.90 Å². The van der Waals surface area contributed by atoms with Crippen molar-refractivity contribution in [3.8, 4) is 0 Å². The van der Waals surface area contributed by atoms with Gasteiger partial charge in [-0.15, -0.1) is 0 Å². The second-order valence-electron chi connectivity index (χ2n) is 6.11. The number of carboxylic acid groups (broad SMARTS) is 1. The lowest BCUT2D eigenvalue weighted by molar-refractivity contribution is -0.144. The Morgan fingerprint density at radius 1 is 0.962 bits per heavy atom. The van der Waals surface area contributed by atoms with Gasteiger partial charge >= 0.3 is 5.97 Å². The van der Waals surface area contributed by atoms with Gasteiger partial charge in [-0.05, 0) is 23.1 Å². The molecule has 0 aliphatic heterocycles. The van der Waals surface area contributed by atoms with E-state index in [0.717, 1.165) is 29.5 Å². The van der Waals surface area contributed by atoms with Crippen LogP contribution in [0.1, 0.15) is 37.3 Å². The van der Waals surface area contributed by atoms with E-state index < -0.39 is 12.4 Å². The van der Waals surface area contributed by atoms with E-state index in [1.807, 2.05) is 66.7 Å². The van der Waals surface area contributed by atoms with Gasteiger partial charge in [-0.2, -0.15) is 0 Å². The molecule has 0 saturated carbocycles. The number of aliphatic carboxylic acids is 1. The highest BCUT2D eigenvalue weighted by atomic mass is 16.4. The van der Waals surface area contributed by atoms with Gasteiger partial charge < -0.3 is 10.0 Å². The van der Waals surface area contributed by atoms with Crippen LogP contribution in [0.25, 0.3) is 5.57 Å². The molecule has 136 valence electrons. The fourth-order valence-corrected chi connectivity index (χ4v) is 2.75. The molecule has 0 aliphatic rings. The number of hydrogen-bond donors (Lipinski definition) is 1. The first-order chi connectivity index (χ1) is 12.6. The summed E-state index contributed by atoms with van der Waals surface area (Å²) in [5.41, 5.74) is 3.18. The molecule has 0 spiro atoms. The van der Waals surface area contributed by atoms with E-state index in [-0.39, 0.29) is 5.91 Å². The third-order valence-electron chi connectivity index (χ3n) is 4.12. The minimum atomic E-state index is -1.09. The Kier molecular flexibility index (Phi) is 7.62. The van der Waals surface area contributed by atoms with Crippen molar-refractivity contribution in [1.82, 2.24) is 4.90 Å². The molecular weight excluding hydrogens is 326 g/mol. The summed E-state index contributed by atoms with van der Waals surface area (Å²) in [6.07, 6.45) is 3.35. The molecule has 0 saturated heterocycles. The molecule has 2 rings (SSSR count). The largest absolute Gasteiger partial charge is 0.481 e. The fraction of sp³-hybridized carbons (Fsp3) is 0.273. The Balaban J connectivity index is 2.29. The molecule has 1 N–H and O–H groups in total. The molecule has 4 nitrogen and oxygen atoms in total. The predicted molar refractivity (Wildman–Crippen MR) is 104 cm³/mol. The lowest BCUT2D eigenvalue weighted by atomic mass is 9.97. The van der Waals surface area contributed by atoms with Crippen molar-refractivity contribution in [2.75, 3.05) is 13.1 Å². The van der Waals surface area contributed by atoms with Gasteiger partial charge in [0.2, 0.25) is 5.91 Å². The quantitative estimate of drug-likeness (QED) is 0.688. The zero-order chi connectivity index (χ0) is 18.8. The Morgan fingerprint density at radius 3 is 1.96 bits per heavy atom. The van der Waals surface area contributed by atoms with E-state index in [4.69, 9.17) is 5.11 Å². The normalized spacial score (nSPS) is 10.2. The second-order valence-corrected chi connectivity index (χ2v) is 6.11.